The lowest BCUT2D eigenvalue weighted by molar-refractivity contribution is 0.666. The molecule has 3 aliphatic rings. The summed E-state index contributed by atoms with van der Waals surface area (Å²) in [7, 11) is 0. The molecule has 0 unspecified atom stereocenters. The zero-order chi connectivity index (χ0) is 48.3. The van der Waals surface area contributed by atoms with E-state index in [0.29, 0.717) is 0 Å². The van der Waals surface area contributed by atoms with Gasteiger partial charge < -0.3 is 4.90 Å². The van der Waals surface area contributed by atoms with Crippen molar-refractivity contribution in [1.82, 2.24) is 0 Å². The van der Waals surface area contributed by atoms with Crippen molar-refractivity contribution in [1.29, 1.82) is 0 Å². The SMILES string of the molecule is Cc1ccccc1C1(c2ccccc2C)c2ccccc2-c2ccc(N(c3cccc(C4(c5ccccc5)c5ccccc5-c5ccccc54)c3)c3ccc4c(c3)C(C)(C)c3c-4ccc4ccccc34)cc21. The Morgan fingerprint density at radius 2 is 0.736 bits per heavy atom. The van der Waals surface area contributed by atoms with Crippen molar-refractivity contribution in [2.75, 3.05) is 4.90 Å². The third-order valence-corrected chi connectivity index (χ3v) is 16.9. The van der Waals surface area contributed by atoms with Gasteiger partial charge in [0, 0.05) is 22.5 Å². The maximum atomic E-state index is 2.55. The lowest BCUT2D eigenvalue weighted by Gasteiger charge is -2.37. The highest BCUT2D eigenvalue weighted by Gasteiger charge is 2.49. The molecule has 342 valence electrons. The molecule has 0 N–H and O–H groups in total. The number of rotatable bonds is 7. The molecule has 0 saturated heterocycles. The molecule has 0 aliphatic heterocycles. The van der Waals surface area contributed by atoms with Gasteiger partial charge in [-0.15, -0.1) is 0 Å². The van der Waals surface area contributed by atoms with Crippen LogP contribution in [0.1, 0.15) is 80.6 Å². The summed E-state index contributed by atoms with van der Waals surface area (Å²) in [5, 5.41) is 2.61. The number of fused-ring (bicyclic) bond motifs is 11. The average molecular weight is 920 g/mol. The normalized spacial score (nSPS) is 14.7. The predicted octanol–water partition coefficient (Wildman–Crippen LogP) is 18.0. The van der Waals surface area contributed by atoms with Crippen molar-refractivity contribution in [3.8, 4) is 33.4 Å². The highest BCUT2D eigenvalue weighted by molar-refractivity contribution is 5.99. The summed E-state index contributed by atoms with van der Waals surface area (Å²) in [5.41, 5.74) is 25.4. The largest absolute Gasteiger partial charge is 0.310 e. The summed E-state index contributed by atoms with van der Waals surface area (Å²) >= 11 is 0. The zero-order valence-electron chi connectivity index (χ0n) is 41.1. The first kappa shape index (κ1) is 42.4. The number of hydrogen-bond acceptors (Lipinski definition) is 1. The van der Waals surface area contributed by atoms with Crippen LogP contribution in [0.2, 0.25) is 0 Å². The summed E-state index contributed by atoms with van der Waals surface area (Å²) in [5.74, 6) is 0. The van der Waals surface area contributed by atoms with Gasteiger partial charge in [-0.25, -0.2) is 0 Å². The van der Waals surface area contributed by atoms with Gasteiger partial charge in [-0.2, -0.15) is 0 Å². The fourth-order valence-electron chi connectivity index (χ4n) is 13.9. The van der Waals surface area contributed by atoms with E-state index in [4.69, 9.17) is 0 Å². The molecule has 0 saturated carbocycles. The Balaban J connectivity index is 1.05. The molecule has 11 aromatic rings. The topological polar surface area (TPSA) is 3.24 Å². The van der Waals surface area contributed by atoms with Crippen molar-refractivity contribution in [3.63, 3.8) is 0 Å². The van der Waals surface area contributed by atoms with E-state index < -0.39 is 10.8 Å². The molecule has 0 radical (unpaired) electrons. The Kier molecular flexibility index (Phi) is 9.26. The second-order valence-corrected chi connectivity index (χ2v) is 20.8. The van der Waals surface area contributed by atoms with Gasteiger partial charge in [-0.3, -0.25) is 0 Å². The monoisotopic (exact) mass is 919 g/mol. The Morgan fingerprint density at radius 1 is 0.292 bits per heavy atom. The second-order valence-electron chi connectivity index (χ2n) is 20.8. The van der Waals surface area contributed by atoms with Crippen LogP contribution in [-0.4, -0.2) is 0 Å². The van der Waals surface area contributed by atoms with E-state index in [2.05, 4.69) is 281 Å². The van der Waals surface area contributed by atoms with Crippen LogP contribution < -0.4 is 4.90 Å². The van der Waals surface area contributed by atoms with Crippen molar-refractivity contribution in [3.05, 3.63) is 315 Å². The van der Waals surface area contributed by atoms with Gasteiger partial charge in [0.15, 0.2) is 0 Å². The smallest absolute Gasteiger partial charge is 0.0719 e. The molecule has 0 heterocycles. The van der Waals surface area contributed by atoms with Gasteiger partial charge in [-0.1, -0.05) is 226 Å². The summed E-state index contributed by atoms with van der Waals surface area (Å²) in [6, 6.07) is 94.1. The van der Waals surface area contributed by atoms with Crippen LogP contribution in [0.3, 0.4) is 0 Å². The van der Waals surface area contributed by atoms with Crippen LogP contribution in [0.4, 0.5) is 17.1 Å². The quantitative estimate of drug-likeness (QED) is 0.154. The Hall–Kier alpha value is -8.52. The summed E-state index contributed by atoms with van der Waals surface area (Å²) in [6.07, 6.45) is 0. The summed E-state index contributed by atoms with van der Waals surface area (Å²) in [6.45, 7) is 9.41. The number of hydrogen-bond donors (Lipinski definition) is 0. The van der Waals surface area contributed by atoms with Gasteiger partial charge in [0.05, 0.1) is 10.8 Å². The molecule has 0 fully saturated rings. The van der Waals surface area contributed by atoms with Gasteiger partial charge in [-0.05, 0) is 161 Å². The van der Waals surface area contributed by atoms with Crippen LogP contribution >= 0.6 is 0 Å². The van der Waals surface area contributed by atoms with E-state index in [1.165, 1.54) is 111 Å². The molecular weight excluding hydrogens is 867 g/mol. The van der Waals surface area contributed by atoms with Gasteiger partial charge in [0.1, 0.15) is 0 Å². The van der Waals surface area contributed by atoms with Gasteiger partial charge in [0.25, 0.3) is 0 Å². The Morgan fingerprint density at radius 3 is 1.35 bits per heavy atom. The number of aryl methyl sites for hydroxylation is 2. The highest BCUT2D eigenvalue weighted by Crippen LogP contribution is 2.60. The molecule has 0 bridgehead atoms. The molecule has 72 heavy (non-hydrogen) atoms. The summed E-state index contributed by atoms with van der Waals surface area (Å²) < 4.78 is 0. The van der Waals surface area contributed by atoms with E-state index in [-0.39, 0.29) is 5.41 Å². The van der Waals surface area contributed by atoms with Crippen molar-refractivity contribution < 1.29 is 0 Å². The molecule has 0 aromatic heterocycles. The third kappa shape index (κ3) is 5.71. The fourth-order valence-corrected chi connectivity index (χ4v) is 13.9. The Labute approximate surface area is 423 Å². The number of anilines is 3. The van der Waals surface area contributed by atoms with E-state index in [9.17, 15) is 0 Å². The fraction of sp³-hybridized carbons (Fsp3) is 0.0986. The van der Waals surface area contributed by atoms with Crippen LogP contribution in [0.15, 0.2) is 249 Å². The first-order valence-electron chi connectivity index (χ1n) is 25.5. The van der Waals surface area contributed by atoms with Crippen LogP contribution in [0.25, 0.3) is 44.2 Å². The molecule has 0 amide bonds. The first-order valence-corrected chi connectivity index (χ1v) is 25.5. The van der Waals surface area contributed by atoms with Crippen LogP contribution in [0, 0.1) is 13.8 Å². The Bertz CT molecular complexity index is 3910. The van der Waals surface area contributed by atoms with E-state index in [0.717, 1.165) is 17.1 Å². The zero-order valence-corrected chi connectivity index (χ0v) is 41.1. The van der Waals surface area contributed by atoms with Crippen LogP contribution in [-0.2, 0) is 16.2 Å². The number of nitrogens with zero attached hydrogens (tertiary/aromatic N) is 1. The summed E-state index contributed by atoms with van der Waals surface area (Å²) in [4.78, 5) is 2.55. The molecule has 1 heteroatoms. The minimum absolute atomic E-state index is 0.242. The van der Waals surface area contributed by atoms with Gasteiger partial charge >= 0.3 is 0 Å². The maximum Gasteiger partial charge on any atom is 0.0719 e. The molecule has 0 spiro atoms. The molecule has 0 atom stereocenters. The standard InChI is InChI=1S/C71H53N/c1-46-21-8-15-32-61(46)71(62-33-16-9-22-47(62)2)65-36-19-14-31-57(65)58-41-38-53(45-67(58)71)72(52-39-42-59-60-40-37-48-23-10-11-28-54(48)68(60)69(3,4)66(59)44-52)51-27-20-26-50(43-51)70(49-24-6-5-7-25-49)63-34-17-12-29-55(63)56-30-13-18-35-64(56)70/h5-45H,1-4H3. The van der Waals surface area contributed by atoms with E-state index in [1.807, 2.05) is 0 Å². The van der Waals surface area contributed by atoms with Crippen molar-refractivity contribution in [2.45, 2.75) is 43.9 Å². The lowest BCUT2D eigenvalue weighted by atomic mass is 9.65. The first-order chi connectivity index (χ1) is 35.3. The molecule has 3 aliphatic carbocycles. The van der Waals surface area contributed by atoms with E-state index >= 15 is 0 Å². The second kappa shape index (κ2) is 15.7. The predicted molar refractivity (Wildman–Crippen MR) is 300 cm³/mol. The minimum atomic E-state index is -0.566. The average Bonchev–Trinajstić information content (AvgIpc) is 3.98. The lowest BCUT2D eigenvalue weighted by Crippen LogP contribution is -2.30. The third-order valence-electron chi connectivity index (χ3n) is 16.9. The van der Waals surface area contributed by atoms with E-state index in [1.54, 1.807) is 0 Å². The minimum Gasteiger partial charge on any atom is -0.310 e. The molecule has 14 rings (SSSR count). The van der Waals surface area contributed by atoms with Crippen LogP contribution in [0.5, 0.6) is 0 Å². The number of benzene rings is 11. The molecular formula is C71H53N. The molecule has 1 nitrogen and oxygen atoms in total. The highest BCUT2D eigenvalue weighted by atomic mass is 15.1. The maximum absolute atomic E-state index is 2.55. The van der Waals surface area contributed by atoms with Gasteiger partial charge in [0.2, 0.25) is 0 Å². The van der Waals surface area contributed by atoms with Crippen molar-refractivity contribution >= 4 is 27.8 Å². The molecule has 11 aromatic carbocycles. The van der Waals surface area contributed by atoms with Crippen molar-refractivity contribution in [2.24, 2.45) is 0 Å².